The summed E-state index contributed by atoms with van der Waals surface area (Å²) in [5.41, 5.74) is 0.0666. The first-order valence-electron chi connectivity index (χ1n) is 3.89. The molecule has 0 radical (unpaired) electrons. The van der Waals surface area contributed by atoms with Gasteiger partial charge in [0.05, 0.1) is 0 Å². The first-order valence-corrected chi connectivity index (χ1v) is 3.89. The first kappa shape index (κ1) is 7.58. The summed E-state index contributed by atoms with van der Waals surface area (Å²) in [6.45, 7) is 6.35. The quantitative estimate of drug-likeness (QED) is 0.586. The molecule has 2 heteroatoms. The molecule has 1 N–H and O–H groups in total. The Morgan fingerprint density at radius 3 is 2.60 bits per heavy atom. The largest absolute Gasteiger partial charge is 0.351 e. The van der Waals surface area contributed by atoms with Crippen molar-refractivity contribution in [3.63, 3.8) is 0 Å². The van der Waals surface area contributed by atoms with E-state index in [1.54, 1.807) is 0 Å². The molecule has 0 bridgehead atoms. The van der Waals surface area contributed by atoms with E-state index in [-0.39, 0.29) is 11.4 Å². The summed E-state index contributed by atoms with van der Waals surface area (Å²) in [6, 6.07) is 0. The van der Waals surface area contributed by atoms with Gasteiger partial charge in [0.15, 0.2) is 0 Å². The Morgan fingerprint density at radius 2 is 2.40 bits per heavy atom. The maximum atomic E-state index is 10.9. The fourth-order valence-electron chi connectivity index (χ4n) is 1.43. The van der Waals surface area contributed by atoms with E-state index in [9.17, 15) is 4.79 Å². The summed E-state index contributed by atoms with van der Waals surface area (Å²) in [5, 5.41) is 2.99. The SMILES string of the molecule is CCC1(C)NC(=O)CC1C. The molecule has 2 unspecified atom stereocenters. The van der Waals surface area contributed by atoms with Gasteiger partial charge in [0.1, 0.15) is 0 Å². The van der Waals surface area contributed by atoms with Gasteiger partial charge in [0.25, 0.3) is 0 Å². The lowest BCUT2D eigenvalue weighted by atomic mass is 9.87. The maximum Gasteiger partial charge on any atom is 0.220 e. The second-order valence-electron chi connectivity index (χ2n) is 3.42. The summed E-state index contributed by atoms with van der Waals surface area (Å²) in [7, 11) is 0. The highest BCUT2D eigenvalue weighted by atomic mass is 16.2. The zero-order valence-electron chi connectivity index (χ0n) is 6.90. The van der Waals surface area contributed by atoms with Crippen molar-refractivity contribution >= 4 is 5.91 Å². The van der Waals surface area contributed by atoms with E-state index in [1.807, 2.05) is 0 Å². The predicted octanol–water partition coefficient (Wildman–Crippen LogP) is 1.31. The van der Waals surface area contributed by atoms with Crippen LogP contribution in [-0.4, -0.2) is 11.4 Å². The van der Waals surface area contributed by atoms with Crippen LogP contribution in [0.15, 0.2) is 0 Å². The second-order valence-corrected chi connectivity index (χ2v) is 3.42. The first-order chi connectivity index (χ1) is 4.58. The zero-order chi connectivity index (χ0) is 7.78. The molecule has 1 fully saturated rings. The molecule has 10 heavy (non-hydrogen) atoms. The van der Waals surface area contributed by atoms with Gasteiger partial charge in [-0.1, -0.05) is 13.8 Å². The van der Waals surface area contributed by atoms with Crippen LogP contribution in [-0.2, 0) is 4.79 Å². The average Bonchev–Trinajstić information content (AvgIpc) is 2.09. The van der Waals surface area contributed by atoms with Crippen LogP contribution in [0.2, 0.25) is 0 Å². The van der Waals surface area contributed by atoms with E-state index in [4.69, 9.17) is 0 Å². The topological polar surface area (TPSA) is 29.1 Å². The van der Waals surface area contributed by atoms with Gasteiger partial charge in [-0.3, -0.25) is 4.79 Å². The second kappa shape index (κ2) is 2.26. The number of hydrogen-bond donors (Lipinski definition) is 1. The molecule has 0 aliphatic carbocycles. The Labute approximate surface area is 62.0 Å². The highest BCUT2D eigenvalue weighted by molar-refractivity contribution is 5.79. The molecule has 0 spiro atoms. The van der Waals surface area contributed by atoms with Crippen LogP contribution in [0.1, 0.15) is 33.6 Å². The van der Waals surface area contributed by atoms with Gasteiger partial charge in [-0.15, -0.1) is 0 Å². The van der Waals surface area contributed by atoms with Crippen LogP contribution >= 0.6 is 0 Å². The fraction of sp³-hybridized carbons (Fsp3) is 0.875. The Hall–Kier alpha value is -0.530. The van der Waals surface area contributed by atoms with Crippen molar-refractivity contribution in [2.24, 2.45) is 5.92 Å². The molecule has 1 aliphatic heterocycles. The maximum absolute atomic E-state index is 10.9. The lowest BCUT2D eigenvalue weighted by molar-refractivity contribution is -0.119. The molecule has 1 heterocycles. The minimum absolute atomic E-state index is 0.0666. The normalized spacial score (nSPS) is 39.9. The van der Waals surface area contributed by atoms with Crippen LogP contribution < -0.4 is 5.32 Å². The van der Waals surface area contributed by atoms with Crippen molar-refractivity contribution in [2.45, 2.75) is 39.2 Å². The number of carbonyl (C=O) groups is 1. The summed E-state index contributed by atoms with van der Waals surface area (Å²) < 4.78 is 0. The molecule has 1 rings (SSSR count). The molecular formula is C8H15NO. The Bertz CT molecular complexity index is 155. The van der Waals surface area contributed by atoms with Crippen LogP contribution in [0.4, 0.5) is 0 Å². The van der Waals surface area contributed by atoms with Crippen molar-refractivity contribution in [1.82, 2.24) is 5.32 Å². The Balaban J connectivity index is 2.70. The summed E-state index contributed by atoms with van der Waals surface area (Å²) >= 11 is 0. The van der Waals surface area contributed by atoms with Crippen molar-refractivity contribution in [3.05, 3.63) is 0 Å². The van der Waals surface area contributed by atoms with Gasteiger partial charge in [-0.25, -0.2) is 0 Å². The number of carbonyl (C=O) groups excluding carboxylic acids is 1. The van der Waals surface area contributed by atoms with E-state index < -0.39 is 0 Å². The van der Waals surface area contributed by atoms with Crippen LogP contribution in [0.5, 0.6) is 0 Å². The smallest absolute Gasteiger partial charge is 0.220 e. The van der Waals surface area contributed by atoms with E-state index in [0.29, 0.717) is 12.3 Å². The third-order valence-electron chi connectivity index (χ3n) is 2.74. The molecule has 0 aromatic carbocycles. The number of nitrogens with one attached hydrogen (secondary N) is 1. The lowest BCUT2D eigenvalue weighted by Crippen LogP contribution is -2.41. The van der Waals surface area contributed by atoms with Crippen molar-refractivity contribution < 1.29 is 4.79 Å². The Morgan fingerprint density at radius 1 is 1.80 bits per heavy atom. The molecule has 1 saturated heterocycles. The lowest BCUT2D eigenvalue weighted by Gasteiger charge is -2.26. The van der Waals surface area contributed by atoms with E-state index >= 15 is 0 Å². The highest BCUT2D eigenvalue weighted by Crippen LogP contribution is 2.28. The van der Waals surface area contributed by atoms with Gasteiger partial charge in [-0.2, -0.15) is 0 Å². The molecule has 1 aliphatic rings. The molecule has 1 amide bonds. The van der Waals surface area contributed by atoms with Crippen LogP contribution in [0.3, 0.4) is 0 Å². The van der Waals surface area contributed by atoms with Gasteiger partial charge in [0.2, 0.25) is 5.91 Å². The van der Waals surface area contributed by atoms with Gasteiger partial charge in [0, 0.05) is 12.0 Å². The summed E-state index contributed by atoms with van der Waals surface area (Å²) in [6.07, 6.45) is 1.73. The number of hydrogen-bond acceptors (Lipinski definition) is 1. The third kappa shape index (κ3) is 1.02. The summed E-state index contributed by atoms with van der Waals surface area (Å²) in [4.78, 5) is 10.9. The summed E-state index contributed by atoms with van der Waals surface area (Å²) in [5.74, 6) is 0.696. The van der Waals surface area contributed by atoms with Crippen molar-refractivity contribution in [1.29, 1.82) is 0 Å². The van der Waals surface area contributed by atoms with E-state index in [0.717, 1.165) is 6.42 Å². The van der Waals surface area contributed by atoms with Gasteiger partial charge in [-0.05, 0) is 19.3 Å². The molecule has 0 aromatic rings. The third-order valence-corrected chi connectivity index (χ3v) is 2.74. The molecule has 58 valence electrons. The monoisotopic (exact) mass is 141 g/mol. The van der Waals surface area contributed by atoms with Gasteiger partial charge < -0.3 is 5.32 Å². The minimum Gasteiger partial charge on any atom is -0.351 e. The minimum atomic E-state index is 0.0666. The molecule has 0 saturated carbocycles. The molecular weight excluding hydrogens is 126 g/mol. The van der Waals surface area contributed by atoms with Crippen molar-refractivity contribution in [2.75, 3.05) is 0 Å². The Kier molecular flexibility index (Phi) is 1.71. The van der Waals surface area contributed by atoms with Crippen LogP contribution in [0, 0.1) is 5.92 Å². The fourth-order valence-corrected chi connectivity index (χ4v) is 1.43. The zero-order valence-corrected chi connectivity index (χ0v) is 6.90. The number of rotatable bonds is 1. The van der Waals surface area contributed by atoms with Crippen LogP contribution in [0.25, 0.3) is 0 Å². The predicted molar refractivity (Wildman–Crippen MR) is 40.6 cm³/mol. The average molecular weight is 141 g/mol. The van der Waals surface area contributed by atoms with E-state index in [1.165, 1.54) is 0 Å². The highest BCUT2D eigenvalue weighted by Gasteiger charge is 2.37. The number of amides is 1. The van der Waals surface area contributed by atoms with Gasteiger partial charge >= 0.3 is 0 Å². The molecule has 2 atom stereocenters. The van der Waals surface area contributed by atoms with Crippen molar-refractivity contribution in [3.8, 4) is 0 Å². The van der Waals surface area contributed by atoms with E-state index in [2.05, 4.69) is 26.1 Å². The molecule has 2 nitrogen and oxygen atoms in total. The standard InChI is InChI=1S/C8H15NO/c1-4-8(3)6(2)5-7(10)9-8/h6H,4-5H2,1-3H3,(H,9,10). The molecule has 0 aromatic heterocycles.